The maximum absolute atomic E-state index is 3.30. The van der Waals surface area contributed by atoms with Crippen LogP contribution in [0.2, 0.25) is 0 Å². The van der Waals surface area contributed by atoms with Crippen LogP contribution in [0, 0.1) is 0 Å². The average molecular weight is 184 g/mol. The van der Waals surface area contributed by atoms with Gasteiger partial charge in [-0.1, -0.05) is 0 Å². The molecule has 1 aromatic heterocycles. The molecule has 0 radical (unpaired) electrons. The van der Waals surface area contributed by atoms with E-state index in [0.29, 0.717) is 0 Å². The third-order valence-corrected chi connectivity index (χ3v) is 5.32. The van der Waals surface area contributed by atoms with Crippen molar-refractivity contribution in [2.75, 3.05) is 21.1 Å². The van der Waals surface area contributed by atoms with Crippen molar-refractivity contribution in [2.45, 2.75) is 0 Å². The molecule has 0 amide bonds. The molecule has 0 fully saturated rings. The molecular weight excluding hydrogens is 168 g/mol. The topological polar surface area (TPSA) is 41.0 Å². The Hall–Kier alpha value is -0.623. The fourth-order valence-corrected chi connectivity index (χ4v) is 3.46. The van der Waals surface area contributed by atoms with Gasteiger partial charge in [-0.15, -0.1) is 0 Å². The molecule has 0 saturated heterocycles. The highest BCUT2D eigenvalue weighted by Crippen LogP contribution is 1.95. The van der Waals surface area contributed by atoms with E-state index in [1.165, 1.54) is 0 Å². The molecule has 0 spiro atoms. The number of nitrogens with zero attached hydrogens (tertiary/aromatic N) is 1. The molecule has 0 unspecified atom stereocenters. The van der Waals surface area contributed by atoms with Crippen LogP contribution in [0.1, 0.15) is 0 Å². The smallest absolute Gasteiger partial charge is 0.343 e. The standard InChI is InChI=1S/C7H16N4Si/c1-8-12(9-2,10-3)11-6-4-5-7-11/h4-10H,1-3H3. The van der Waals surface area contributed by atoms with E-state index in [2.05, 4.69) is 31.6 Å². The van der Waals surface area contributed by atoms with E-state index in [1.807, 2.05) is 33.3 Å². The second-order valence-electron chi connectivity index (χ2n) is 2.55. The highest BCUT2D eigenvalue weighted by Gasteiger charge is 2.31. The molecule has 4 nitrogen and oxygen atoms in total. The number of hydrogen-bond acceptors (Lipinski definition) is 3. The Morgan fingerprint density at radius 2 is 1.33 bits per heavy atom. The third-order valence-electron chi connectivity index (χ3n) is 2.08. The van der Waals surface area contributed by atoms with Gasteiger partial charge in [0.2, 0.25) is 0 Å². The molecular formula is C7H16N4Si. The first kappa shape index (κ1) is 9.46. The van der Waals surface area contributed by atoms with Gasteiger partial charge in [0.1, 0.15) is 0 Å². The zero-order chi connectivity index (χ0) is 9.03. The quantitative estimate of drug-likeness (QED) is 0.549. The maximum Gasteiger partial charge on any atom is 0.402 e. The molecule has 68 valence electrons. The summed E-state index contributed by atoms with van der Waals surface area (Å²) in [4.78, 5) is 9.89. The van der Waals surface area contributed by atoms with Crippen molar-refractivity contribution >= 4 is 8.72 Å². The van der Waals surface area contributed by atoms with Gasteiger partial charge in [-0.25, -0.2) is 0 Å². The molecule has 1 aromatic rings. The van der Waals surface area contributed by atoms with Gasteiger partial charge < -0.3 is 4.23 Å². The summed E-state index contributed by atoms with van der Waals surface area (Å²) in [6.07, 6.45) is 4.10. The number of hydrogen-bond donors (Lipinski definition) is 3. The molecule has 0 aromatic carbocycles. The first-order chi connectivity index (χ1) is 5.79. The van der Waals surface area contributed by atoms with Crippen molar-refractivity contribution in [1.82, 2.24) is 19.2 Å². The second-order valence-corrected chi connectivity index (χ2v) is 5.99. The molecule has 3 N–H and O–H groups in total. The predicted octanol–water partition coefficient (Wildman–Crippen LogP) is -0.570. The Morgan fingerprint density at radius 3 is 1.67 bits per heavy atom. The van der Waals surface area contributed by atoms with Gasteiger partial charge in [-0.2, -0.15) is 0 Å². The van der Waals surface area contributed by atoms with Gasteiger partial charge in [0.15, 0.2) is 0 Å². The van der Waals surface area contributed by atoms with Crippen molar-refractivity contribution in [2.24, 2.45) is 0 Å². The fourth-order valence-electron chi connectivity index (χ4n) is 1.32. The number of aromatic nitrogens is 1. The monoisotopic (exact) mass is 184 g/mol. The molecule has 5 heteroatoms. The summed E-state index contributed by atoms with van der Waals surface area (Å²) in [5, 5.41) is 0. The summed E-state index contributed by atoms with van der Waals surface area (Å²) >= 11 is 0. The van der Waals surface area contributed by atoms with E-state index < -0.39 is 8.72 Å². The lowest BCUT2D eigenvalue weighted by Gasteiger charge is -2.29. The molecule has 0 aliphatic heterocycles. The van der Waals surface area contributed by atoms with Crippen molar-refractivity contribution in [3.63, 3.8) is 0 Å². The highest BCUT2D eigenvalue weighted by atomic mass is 28.4. The largest absolute Gasteiger partial charge is 0.402 e. The van der Waals surface area contributed by atoms with Crippen molar-refractivity contribution in [3.05, 3.63) is 24.5 Å². The van der Waals surface area contributed by atoms with Gasteiger partial charge in [0.25, 0.3) is 0 Å². The van der Waals surface area contributed by atoms with E-state index in [0.717, 1.165) is 0 Å². The lowest BCUT2D eigenvalue weighted by atomic mass is 10.7. The summed E-state index contributed by atoms with van der Waals surface area (Å²) in [5.74, 6) is 0. The summed E-state index contributed by atoms with van der Waals surface area (Å²) in [5.41, 5.74) is 0. The summed E-state index contributed by atoms with van der Waals surface area (Å²) in [6, 6.07) is 4.04. The van der Waals surface area contributed by atoms with Crippen molar-refractivity contribution < 1.29 is 0 Å². The molecule has 1 rings (SSSR count). The molecule has 0 atom stereocenters. The first-order valence-electron chi connectivity index (χ1n) is 3.99. The second kappa shape index (κ2) is 3.86. The Balaban J connectivity index is 2.93. The summed E-state index contributed by atoms with van der Waals surface area (Å²) < 4.78 is 2.16. The number of nitrogens with one attached hydrogen (secondary N) is 3. The minimum absolute atomic E-state index is 1.87. The molecule has 0 bridgehead atoms. The van der Waals surface area contributed by atoms with Crippen LogP contribution in [0.5, 0.6) is 0 Å². The van der Waals surface area contributed by atoms with Gasteiger partial charge in [0, 0.05) is 0 Å². The Labute approximate surface area is 74.3 Å². The Kier molecular flexibility index (Phi) is 3.04. The van der Waals surface area contributed by atoms with Crippen LogP contribution in [0.25, 0.3) is 0 Å². The van der Waals surface area contributed by atoms with Crippen LogP contribution < -0.4 is 14.9 Å². The zero-order valence-electron chi connectivity index (χ0n) is 7.76. The number of rotatable bonds is 4. The zero-order valence-corrected chi connectivity index (χ0v) is 8.76. The minimum Gasteiger partial charge on any atom is -0.343 e. The lowest BCUT2D eigenvalue weighted by molar-refractivity contribution is 0.834. The minimum atomic E-state index is -1.87. The first-order valence-corrected chi connectivity index (χ1v) is 5.94. The average Bonchev–Trinajstić information content (AvgIpc) is 2.62. The van der Waals surface area contributed by atoms with Crippen LogP contribution in [0.4, 0.5) is 0 Å². The van der Waals surface area contributed by atoms with Gasteiger partial charge >= 0.3 is 8.72 Å². The van der Waals surface area contributed by atoms with Crippen LogP contribution in [-0.4, -0.2) is 34.1 Å². The summed E-state index contributed by atoms with van der Waals surface area (Å²) in [6.45, 7) is 0. The van der Waals surface area contributed by atoms with Crippen LogP contribution in [0.15, 0.2) is 24.5 Å². The van der Waals surface area contributed by atoms with E-state index in [-0.39, 0.29) is 0 Å². The highest BCUT2D eigenvalue weighted by molar-refractivity contribution is 6.70. The van der Waals surface area contributed by atoms with Crippen molar-refractivity contribution in [3.8, 4) is 0 Å². The van der Waals surface area contributed by atoms with Crippen LogP contribution in [-0.2, 0) is 0 Å². The SMILES string of the molecule is CN[Si](NC)(NC)n1cccc1. The third kappa shape index (κ3) is 1.44. The Morgan fingerprint density at radius 1 is 0.917 bits per heavy atom. The van der Waals surface area contributed by atoms with E-state index >= 15 is 0 Å². The molecule has 0 aliphatic rings. The van der Waals surface area contributed by atoms with Gasteiger partial charge in [-0.05, 0) is 45.7 Å². The Bertz CT molecular complexity index is 209. The normalized spacial score (nSPS) is 11.9. The van der Waals surface area contributed by atoms with E-state index in [1.54, 1.807) is 0 Å². The van der Waals surface area contributed by atoms with Crippen LogP contribution in [0.3, 0.4) is 0 Å². The molecule has 0 aliphatic carbocycles. The molecule has 1 heterocycles. The molecule has 12 heavy (non-hydrogen) atoms. The van der Waals surface area contributed by atoms with Crippen LogP contribution >= 0.6 is 0 Å². The predicted molar refractivity (Wildman–Crippen MR) is 52.8 cm³/mol. The lowest BCUT2D eigenvalue weighted by Crippen LogP contribution is -2.74. The maximum atomic E-state index is 3.30. The summed E-state index contributed by atoms with van der Waals surface area (Å²) in [7, 11) is 4.00. The van der Waals surface area contributed by atoms with E-state index in [9.17, 15) is 0 Å². The van der Waals surface area contributed by atoms with Gasteiger partial charge in [-0.3, -0.25) is 14.9 Å². The van der Waals surface area contributed by atoms with Gasteiger partial charge in [0.05, 0.1) is 0 Å². The van der Waals surface area contributed by atoms with Crippen molar-refractivity contribution in [1.29, 1.82) is 0 Å². The molecule has 0 saturated carbocycles. The fraction of sp³-hybridized carbons (Fsp3) is 0.429. The van der Waals surface area contributed by atoms with E-state index in [4.69, 9.17) is 0 Å².